The minimum atomic E-state index is 0.839. The summed E-state index contributed by atoms with van der Waals surface area (Å²) in [6, 6.07) is 3.81. The molecule has 1 heteroatoms. The zero-order valence-corrected chi connectivity index (χ0v) is 11.8. The van der Waals surface area contributed by atoms with Crippen LogP contribution in [0.3, 0.4) is 0 Å². The lowest BCUT2D eigenvalue weighted by molar-refractivity contribution is 0.554. The van der Waals surface area contributed by atoms with Crippen molar-refractivity contribution >= 4 is 5.57 Å². The van der Waals surface area contributed by atoms with Crippen molar-refractivity contribution in [2.45, 2.75) is 34.1 Å². The van der Waals surface area contributed by atoms with Crippen LogP contribution in [-0.2, 0) is 0 Å². The summed E-state index contributed by atoms with van der Waals surface area (Å²) in [6.07, 6.45) is 9.18. The van der Waals surface area contributed by atoms with Crippen LogP contribution in [-0.4, -0.2) is 0 Å². The van der Waals surface area contributed by atoms with Crippen LogP contribution in [0.2, 0.25) is 0 Å². The minimum Gasteiger partial charge on any atom is -0.464 e. The molecule has 0 bridgehead atoms. The summed E-state index contributed by atoms with van der Waals surface area (Å²) >= 11 is 0. The van der Waals surface area contributed by atoms with E-state index < -0.39 is 0 Å². The molecule has 18 heavy (non-hydrogen) atoms. The molecule has 2 rings (SSSR count). The van der Waals surface area contributed by atoms with Crippen molar-refractivity contribution in [2.24, 2.45) is 0 Å². The Kier molecular flexibility index (Phi) is 5.44. The zero-order valence-electron chi connectivity index (χ0n) is 11.8. The van der Waals surface area contributed by atoms with Crippen LogP contribution in [0.4, 0.5) is 0 Å². The third-order valence-electron chi connectivity index (χ3n) is 2.57. The Morgan fingerprint density at radius 3 is 2.56 bits per heavy atom. The van der Waals surface area contributed by atoms with Crippen molar-refractivity contribution in [3.8, 4) is 0 Å². The Bertz CT molecular complexity index is 482. The van der Waals surface area contributed by atoms with E-state index in [-0.39, 0.29) is 0 Å². The molecule has 0 atom stereocenters. The lowest BCUT2D eigenvalue weighted by Crippen LogP contribution is -1.91. The van der Waals surface area contributed by atoms with E-state index in [2.05, 4.69) is 38.7 Å². The molecule has 0 saturated carbocycles. The number of hydrogen-bond acceptors (Lipinski definition) is 1. The molecular weight excluding hydrogens is 220 g/mol. The monoisotopic (exact) mass is 242 g/mol. The van der Waals surface area contributed by atoms with Gasteiger partial charge in [-0.2, -0.15) is 0 Å². The summed E-state index contributed by atoms with van der Waals surface area (Å²) in [7, 11) is 0. The van der Waals surface area contributed by atoms with Crippen molar-refractivity contribution in [1.29, 1.82) is 0 Å². The standard InChI is InChI=1S/C15H16O.C2H6/c1-11-7-12(2)9-14(8-11)10-13(3)15-5-4-6-16-15;1-2/h4-8,10H,3,9H2,1-2H3;1-2H3/b14-10-;. The van der Waals surface area contributed by atoms with Gasteiger partial charge in [0.2, 0.25) is 0 Å². The number of hydrogen-bond donors (Lipinski definition) is 0. The Morgan fingerprint density at radius 1 is 1.28 bits per heavy atom. The normalized spacial score (nSPS) is 16.6. The molecule has 1 aliphatic carbocycles. The molecule has 0 aromatic carbocycles. The number of allylic oxidation sites excluding steroid dienone is 7. The average molecular weight is 242 g/mol. The third-order valence-corrected chi connectivity index (χ3v) is 2.57. The molecule has 0 unspecified atom stereocenters. The highest BCUT2D eigenvalue weighted by atomic mass is 16.3. The van der Waals surface area contributed by atoms with Crippen molar-refractivity contribution in [3.63, 3.8) is 0 Å². The predicted octanol–water partition coefficient (Wildman–Crippen LogP) is 5.54. The molecule has 0 saturated heterocycles. The van der Waals surface area contributed by atoms with E-state index in [0.29, 0.717) is 0 Å². The van der Waals surface area contributed by atoms with Gasteiger partial charge in [0.1, 0.15) is 5.76 Å². The van der Waals surface area contributed by atoms with Crippen molar-refractivity contribution in [2.75, 3.05) is 0 Å². The maximum Gasteiger partial charge on any atom is 0.133 e. The fourth-order valence-electron chi connectivity index (χ4n) is 2.00. The first-order valence-electron chi connectivity index (χ1n) is 6.44. The highest BCUT2D eigenvalue weighted by molar-refractivity contribution is 5.70. The summed E-state index contributed by atoms with van der Waals surface area (Å²) in [5.74, 6) is 0.839. The van der Waals surface area contributed by atoms with E-state index in [0.717, 1.165) is 17.8 Å². The van der Waals surface area contributed by atoms with Gasteiger partial charge in [0, 0.05) is 5.57 Å². The highest BCUT2D eigenvalue weighted by Gasteiger charge is 2.05. The third kappa shape index (κ3) is 3.92. The van der Waals surface area contributed by atoms with Crippen LogP contribution in [0.15, 0.2) is 64.3 Å². The highest BCUT2D eigenvalue weighted by Crippen LogP contribution is 2.25. The van der Waals surface area contributed by atoms with E-state index in [1.54, 1.807) is 6.26 Å². The average Bonchev–Trinajstić information content (AvgIpc) is 2.83. The fraction of sp³-hybridized carbons (Fsp3) is 0.294. The van der Waals surface area contributed by atoms with E-state index in [4.69, 9.17) is 4.42 Å². The summed E-state index contributed by atoms with van der Waals surface area (Å²) < 4.78 is 5.31. The molecule has 1 aromatic heterocycles. The van der Waals surface area contributed by atoms with Crippen molar-refractivity contribution in [1.82, 2.24) is 0 Å². The molecule has 0 spiro atoms. The molecule has 1 heterocycles. The van der Waals surface area contributed by atoms with Crippen molar-refractivity contribution < 1.29 is 4.42 Å². The Balaban J connectivity index is 0.000000771. The van der Waals surface area contributed by atoms with Gasteiger partial charge in [0.15, 0.2) is 0 Å². The molecule has 0 aliphatic heterocycles. The first kappa shape index (κ1) is 14.3. The molecule has 0 radical (unpaired) electrons. The minimum absolute atomic E-state index is 0.839. The van der Waals surface area contributed by atoms with Crippen LogP contribution < -0.4 is 0 Å². The zero-order chi connectivity index (χ0) is 13.5. The quantitative estimate of drug-likeness (QED) is 0.663. The molecule has 1 nitrogen and oxygen atoms in total. The molecule has 1 aliphatic rings. The van der Waals surface area contributed by atoms with Crippen molar-refractivity contribution in [3.05, 3.63) is 65.7 Å². The smallest absolute Gasteiger partial charge is 0.133 e. The lowest BCUT2D eigenvalue weighted by atomic mass is 9.95. The van der Waals surface area contributed by atoms with Gasteiger partial charge in [-0.1, -0.05) is 43.7 Å². The van der Waals surface area contributed by atoms with Gasteiger partial charge in [-0.15, -0.1) is 0 Å². The second-order valence-electron chi connectivity index (χ2n) is 4.28. The maximum atomic E-state index is 5.31. The van der Waals surface area contributed by atoms with E-state index in [1.165, 1.54) is 16.7 Å². The van der Waals surface area contributed by atoms with Gasteiger partial charge in [-0.3, -0.25) is 0 Å². The molecule has 0 amide bonds. The second kappa shape index (κ2) is 6.85. The summed E-state index contributed by atoms with van der Waals surface area (Å²) in [5, 5.41) is 0. The largest absolute Gasteiger partial charge is 0.464 e. The van der Waals surface area contributed by atoms with Crippen LogP contribution in [0.5, 0.6) is 0 Å². The van der Waals surface area contributed by atoms with E-state index in [9.17, 15) is 0 Å². The molecule has 96 valence electrons. The summed E-state index contributed by atoms with van der Waals surface area (Å²) in [4.78, 5) is 0. The van der Waals surface area contributed by atoms with Crippen LogP contribution in [0, 0.1) is 0 Å². The summed E-state index contributed by atoms with van der Waals surface area (Å²) in [6.45, 7) is 12.3. The Labute approximate surface area is 110 Å². The topological polar surface area (TPSA) is 13.1 Å². The predicted molar refractivity (Wildman–Crippen MR) is 79.3 cm³/mol. The van der Waals surface area contributed by atoms with Gasteiger partial charge in [0.05, 0.1) is 6.26 Å². The van der Waals surface area contributed by atoms with Crippen LogP contribution in [0.25, 0.3) is 5.57 Å². The first-order valence-corrected chi connectivity index (χ1v) is 6.44. The Hall–Kier alpha value is -1.76. The fourth-order valence-corrected chi connectivity index (χ4v) is 2.00. The van der Waals surface area contributed by atoms with E-state index >= 15 is 0 Å². The molecule has 0 N–H and O–H groups in total. The lowest BCUT2D eigenvalue weighted by Gasteiger charge is -2.11. The van der Waals surface area contributed by atoms with Crippen LogP contribution in [0.1, 0.15) is 39.9 Å². The van der Waals surface area contributed by atoms with Gasteiger partial charge < -0.3 is 4.42 Å². The number of rotatable bonds is 2. The van der Waals surface area contributed by atoms with Gasteiger partial charge in [-0.25, -0.2) is 0 Å². The SMILES string of the molecule is C=C(/C=C1/C=C(C)C=C(C)C1)c1ccco1.CC. The van der Waals surface area contributed by atoms with Gasteiger partial charge in [-0.05, 0) is 44.1 Å². The molecule has 0 fully saturated rings. The van der Waals surface area contributed by atoms with Crippen LogP contribution >= 0.6 is 0 Å². The molecule has 1 aromatic rings. The van der Waals surface area contributed by atoms with E-state index in [1.807, 2.05) is 26.0 Å². The number of furan rings is 1. The van der Waals surface area contributed by atoms with Gasteiger partial charge >= 0.3 is 0 Å². The molecular formula is C17H22O. The first-order chi connectivity index (χ1) is 8.65. The summed E-state index contributed by atoms with van der Waals surface area (Å²) in [5.41, 5.74) is 4.90. The Morgan fingerprint density at radius 2 is 2.00 bits per heavy atom. The maximum absolute atomic E-state index is 5.31. The van der Waals surface area contributed by atoms with Gasteiger partial charge in [0.25, 0.3) is 0 Å². The second-order valence-corrected chi connectivity index (χ2v) is 4.28.